The van der Waals surface area contributed by atoms with Crippen LogP contribution in [-0.4, -0.2) is 30.8 Å². The van der Waals surface area contributed by atoms with Crippen molar-refractivity contribution in [2.24, 2.45) is 0 Å². The Bertz CT molecular complexity index is 1110. The van der Waals surface area contributed by atoms with Crippen LogP contribution in [0.15, 0.2) is 68.7 Å². The molecule has 2 aromatic carbocycles. The first-order valence-electron chi connectivity index (χ1n) is 7.91. The molecule has 1 aliphatic rings. The Labute approximate surface area is 144 Å². The second kappa shape index (κ2) is 6.02. The molecule has 0 fully saturated rings. The number of hydrogen-bond acceptors (Lipinski definition) is 4. The Morgan fingerprint density at radius 3 is 2.60 bits per heavy atom. The van der Waals surface area contributed by atoms with E-state index in [4.69, 9.17) is 4.42 Å². The highest BCUT2D eigenvalue weighted by Crippen LogP contribution is 2.26. The second-order valence-electron chi connectivity index (χ2n) is 5.88. The number of H-pyrrole nitrogens is 1. The normalized spacial score (nSPS) is 16.1. The van der Waals surface area contributed by atoms with Gasteiger partial charge in [-0.3, -0.25) is 4.98 Å². The smallest absolute Gasteiger partial charge is 0.408 e. The van der Waals surface area contributed by atoms with Crippen LogP contribution in [0.25, 0.3) is 16.7 Å². The third-order valence-corrected chi connectivity index (χ3v) is 6.21. The molecule has 0 unspecified atom stereocenters. The van der Waals surface area contributed by atoms with Crippen molar-refractivity contribution in [3.63, 3.8) is 0 Å². The average Bonchev–Trinajstić information content (AvgIpc) is 3.02. The van der Waals surface area contributed by atoms with Gasteiger partial charge in [-0.2, -0.15) is 4.31 Å². The third-order valence-electron chi connectivity index (χ3n) is 4.35. The van der Waals surface area contributed by atoms with E-state index in [1.165, 1.54) is 16.4 Å². The van der Waals surface area contributed by atoms with Crippen molar-refractivity contribution in [1.29, 1.82) is 0 Å². The third kappa shape index (κ3) is 2.92. The summed E-state index contributed by atoms with van der Waals surface area (Å²) >= 11 is 0. The van der Waals surface area contributed by atoms with Gasteiger partial charge in [0.15, 0.2) is 5.58 Å². The fourth-order valence-electron chi connectivity index (χ4n) is 3.02. The molecule has 0 spiro atoms. The van der Waals surface area contributed by atoms with Crippen LogP contribution in [0.1, 0.15) is 12.0 Å². The summed E-state index contributed by atoms with van der Waals surface area (Å²) in [6.45, 7) is 0.736. The van der Waals surface area contributed by atoms with Crippen LogP contribution < -0.4 is 5.76 Å². The SMILES string of the molecule is O=c1[nH]c2ccc(S(=O)(=O)N3CC=C(c4ccccc4)CC3)cc2o1. The molecule has 1 aromatic heterocycles. The fourth-order valence-corrected chi connectivity index (χ4v) is 4.42. The first kappa shape index (κ1) is 15.9. The maximum absolute atomic E-state index is 12.8. The first-order chi connectivity index (χ1) is 12.0. The van der Waals surface area contributed by atoms with Crippen molar-refractivity contribution in [2.45, 2.75) is 11.3 Å². The molecule has 0 bridgehead atoms. The van der Waals surface area contributed by atoms with Crippen molar-refractivity contribution < 1.29 is 12.8 Å². The molecule has 1 aliphatic heterocycles. The average molecular weight is 356 g/mol. The molecule has 3 aromatic rings. The lowest BCUT2D eigenvalue weighted by atomic mass is 10.0. The zero-order valence-electron chi connectivity index (χ0n) is 13.3. The van der Waals surface area contributed by atoms with Crippen LogP contribution in [0.5, 0.6) is 0 Å². The molecular weight excluding hydrogens is 340 g/mol. The molecule has 2 heterocycles. The van der Waals surface area contributed by atoms with Gasteiger partial charge >= 0.3 is 5.76 Å². The Balaban J connectivity index is 1.62. The molecule has 6 nitrogen and oxygen atoms in total. The molecule has 128 valence electrons. The predicted octanol–water partition coefficient (Wildman–Crippen LogP) is 2.60. The maximum Gasteiger partial charge on any atom is 0.417 e. The molecular formula is C18H16N2O4S. The number of rotatable bonds is 3. The predicted molar refractivity (Wildman–Crippen MR) is 94.6 cm³/mol. The van der Waals surface area contributed by atoms with Crippen molar-refractivity contribution in [2.75, 3.05) is 13.1 Å². The molecule has 0 radical (unpaired) electrons. The Hall–Kier alpha value is -2.64. The standard InChI is InChI=1S/C18H16N2O4S/c21-18-19-16-7-6-15(12-17(16)24-18)25(22,23)20-10-8-14(9-11-20)13-4-2-1-3-5-13/h1-8,12H,9-11H2,(H,19,21). The summed E-state index contributed by atoms with van der Waals surface area (Å²) in [6, 6.07) is 14.4. The zero-order chi connectivity index (χ0) is 17.4. The summed E-state index contributed by atoms with van der Waals surface area (Å²) in [5.41, 5.74) is 2.99. The highest BCUT2D eigenvalue weighted by molar-refractivity contribution is 7.89. The zero-order valence-corrected chi connectivity index (χ0v) is 14.1. The number of aromatic nitrogens is 1. The van der Waals surface area contributed by atoms with Crippen LogP contribution in [0.2, 0.25) is 0 Å². The van der Waals surface area contributed by atoms with Gasteiger partial charge in [-0.05, 0) is 29.7 Å². The summed E-state index contributed by atoms with van der Waals surface area (Å²) in [5.74, 6) is -0.599. The maximum atomic E-state index is 12.8. The van der Waals surface area contributed by atoms with Gasteiger partial charge in [0.1, 0.15) is 0 Å². The summed E-state index contributed by atoms with van der Waals surface area (Å²) in [5, 5.41) is 0. The summed E-state index contributed by atoms with van der Waals surface area (Å²) in [6.07, 6.45) is 2.61. The number of aromatic amines is 1. The van der Waals surface area contributed by atoms with Gasteiger partial charge in [-0.1, -0.05) is 36.4 Å². The van der Waals surface area contributed by atoms with Crippen LogP contribution in [-0.2, 0) is 10.0 Å². The highest BCUT2D eigenvalue weighted by Gasteiger charge is 2.27. The van der Waals surface area contributed by atoms with E-state index in [1.54, 1.807) is 6.07 Å². The number of nitrogens with zero attached hydrogens (tertiary/aromatic N) is 1. The number of hydrogen-bond donors (Lipinski definition) is 1. The Morgan fingerprint density at radius 1 is 1.08 bits per heavy atom. The quantitative estimate of drug-likeness (QED) is 0.782. The van der Waals surface area contributed by atoms with E-state index in [0.717, 1.165) is 11.1 Å². The van der Waals surface area contributed by atoms with Gasteiger partial charge in [0.05, 0.1) is 10.4 Å². The van der Waals surface area contributed by atoms with Crippen molar-refractivity contribution >= 4 is 26.7 Å². The highest BCUT2D eigenvalue weighted by atomic mass is 32.2. The van der Waals surface area contributed by atoms with Gasteiger partial charge in [-0.15, -0.1) is 0 Å². The molecule has 4 rings (SSSR count). The molecule has 25 heavy (non-hydrogen) atoms. The fraction of sp³-hybridized carbons (Fsp3) is 0.167. The van der Waals surface area contributed by atoms with E-state index >= 15 is 0 Å². The summed E-state index contributed by atoms with van der Waals surface area (Å²) < 4.78 is 32.1. The topological polar surface area (TPSA) is 83.4 Å². The van der Waals surface area contributed by atoms with E-state index < -0.39 is 15.8 Å². The molecule has 7 heteroatoms. The number of oxazole rings is 1. The monoisotopic (exact) mass is 356 g/mol. The molecule has 0 saturated heterocycles. The van der Waals surface area contributed by atoms with Crippen molar-refractivity contribution in [1.82, 2.24) is 9.29 Å². The van der Waals surface area contributed by atoms with Gasteiger partial charge in [0, 0.05) is 19.2 Å². The van der Waals surface area contributed by atoms with E-state index in [0.29, 0.717) is 25.0 Å². The van der Waals surface area contributed by atoms with E-state index in [2.05, 4.69) is 4.98 Å². The number of sulfonamides is 1. The molecule has 0 amide bonds. The van der Waals surface area contributed by atoms with Crippen LogP contribution in [0.3, 0.4) is 0 Å². The largest absolute Gasteiger partial charge is 0.417 e. The van der Waals surface area contributed by atoms with E-state index in [9.17, 15) is 13.2 Å². The summed E-state index contributed by atoms with van der Waals surface area (Å²) in [7, 11) is -3.64. The van der Waals surface area contributed by atoms with Crippen LogP contribution in [0, 0.1) is 0 Å². The lowest BCUT2D eigenvalue weighted by molar-refractivity contribution is 0.441. The van der Waals surface area contributed by atoms with Crippen molar-refractivity contribution in [3.05, 3.63) is 70.7 Å². The van der Waals surface area contributed by atoms with E-state index in [1.807, 2.05) is 36.4 Å². The summed E-state index contributed by atoms with van der Waals surface area (Å²) in [4.78, 5) is 13.9. The number of fused-ring (bicyclic) bond motifs is 1. The Morgan fingerprint density at radius 2 is 1.88 bits per heavy atom. The number of nitrogens with one attached hydrogen (secondary N) is 1. The van der Waals surface area contributed by atoms with Crippen molar-refractivity contribution in [3.8, 4) is 0 Å². The second-order valence-corrected chi connectivity index (χ2v) is 7.82. The minimum absolute atomic E-state index is 0.124. The first-order valence-corrected chi connectivity index (χ1v) is 9.35. The lowest BCUT2D eigenvalue weighted by Gasteiger charge is -2.26. The lowest BCUT2D eigenvalue weighted by Crippen LogP contribution is -2.34. The van der Waals surface area contributed by atoms with Crippen LogP contribution in [0.4, 0.5) is 0 Å². The van der Waals surface area contributed by atoms with Crippen LogP contribution >= 0.6 is 0 Å². The minimum atomic E-state index is -3.64. The van der Waals surface area contributed by atoms with Gasteiger partial charge < -0.3 is 4.42 Å². The van der Waals surface area contributed by atoms with Gasteiger partial charge in [-0.25, -0.2) is 13.2 Å². The molecule has 0 saturated carbocycles. The molecule has 1 N–H and O–H groups in total. The van der Waals surface area contributed by atoms with E-state index in [-0.39, 0.29) is 10.5 Å². The number of benzene rings is 2. The molecule has 0 atom stereocenters. The van der Waals surface area contributed by atoms with Gasteiger partial charge in [0.2, 0.25) is 10.0 Å². The van der Waals surface area contributed by atoms with Gasteiger partial charge in [0.25, 0.3) is 0 Å². The Kier molecular flexibility index (Phi) is 3.82. The minimum Gasteiger partial charge on any atom is -0.408 e. The molecule has 0 aliphatic carbocycles.